The molecule has 0 saturated carbocycles. The lowest BCUT2D eigenvalue weighted by atomic mass is 10.0. The number of rotatable bonds is 10. The zero-order valence-corrected chi connectivity index (χ0v) is 34.6. The molecule has 0 radical (unpaired) electrons. The van der Waals surface area contributed by atoms with Gasteiger partial charge in [-0.3, -0.25) is 14.0 Å². The number of carbonyl (C=O) groups is 4. The van der Waals surface area contributed by atoms with Crippen LogP contribution in [0, 0.1) is 11.8 Å². The molecular weight excluding hydrogens is 769 g/mol. The number of hydrogen-bond acceptors (Lipinski definition) is 10. The molecule has 2 fully saturated rings. The highest BCUT2D eigenvalue weighted by Gasteiger charge is 2.41. The van der Waals surface area contributed by atoms with Gasteiger partial charge < -0.3 is 50.5 Å². The minimum Gasteiger partial charge on any atom is -0.453 e. The molecule has 5 aromatic rings. The normalized spacial score (nSPS) is 20.1. The number of aromatic nitrogens is 4. The lowest BCUT2D eigenvalue weighted by molar-refractivity contribution is -0.136. The van der Waals surface area contributed by atoms with E-state index < -0.39 is 24.3 Å². The highest BCUT2D eigenvalue weighted by molar-refractivity contribution is 6.02. The largest absolute Gasteiger partial charge is 0.453 e. The number of alkyl carbamates (subject to hydrolysis) is 2. The highest BCUT2D eigenvalue weighted by atomic mass is 16.5. The Kier molecular flexibility index (Phi) is 10.9. The number of imidazole rings is 1. The maximum Gasteiger partial charge on any atom is 0.407 e. The number of H-pyrrole nitrogens is 2. The minimum atomic E-state index is -0.722. The second-order valence-corrected chi connectivity index (χ2v) is 16.5. The molecule has 60 heavy (non-hydrogen) atoms. The summed E-state index contributed by atoms with van der Waals surface area (Å²) in [6.45, 7) is 8.71. The number of hydrogen-bond donors (Lipinski definition) is 6. The first-order valence-corrected chi connectivity index (χ1v) is 20.6. The number of methoxy groups -OCH3 is 2. The number of carbonyl (C=O) groups excluding carboxylic acids is 4. The van der Waals surface area contributed by atoms with Crippen LogP contribution in [-0.4, -0.2) is 105 Å². The Balaban J connectivity index is 1.01. The Labute approximate surface area is 346 Å². The van der Waals surface area contributed by atoms with E-state index in [0.29, 0.717) is 24.4 Å². The average molecular weight is 821 g/mol. The maximum atomic E-state index is 13.7. The Morgan fingerprint density at radius 2 is 1.47 bits per heavy atom. The van der Waals surface area contributed by atoms with Gasteiger partial charge in [-0.1, -0.05) is 45.9 Å². The second kappa shape index (κ2) is 16.3. The van der Waals surface area contributed by atoms with E-state index >= 15 is 0 Å². The van der Waals surface area contributed by atoms with Crippen molar-refractivity contribution in [1.29, 1.82) is 0 Å². The van der Waals surface area contributed by atoms with Crippen LogP contribution in [0.25, 0.3) is 44.3 Å². The zero-order chi connectivity index (χ0) is 42.4. The van der Waals surface area contributed by atoms with E-state index in [1.54, 1.807) is 15.5 Å². The van der Waals surface area contributed by atoms with Crippen LogP contribution in [0.15, 0.2) is 59.7 Å². The molecular formula is C43H52N10O7. The van der Waals surface area contributed by atoms with Gasteiger partial charge in [0.25, 0.3) is 0 Å². The van der Waals surface area contributed by atoms with E-state index in [1.165, 1.54) is 14.2 Å². The molecule has 4 amide bonds. The number of benzene rings is 2. The SMILES string of the molecule is COC(=O)N[C@H](C(=O)N1CCC[C@H]1c1ncc(-c2ccc3c(c2)cc2c4ccc(C5=CNC([C@@H]6CCCN6C(=O)[C@@H](NC(=O)OC)C(C)C)N5)cc4[nH]c(=O)n32)[nH]1)C(C)C. The highest BCUT2D eigenvalue weighted by Crippen LogP contribution is 2.35. The van der Waals surface area contributed by atoms with E-state index in [-0.39, 0.29) is 47.6 Å². The minimum absolute atomic E-state index is 0.122. The lowest BCUT2D eigenvalue weighted by Gasteiger charge is -2.34. The number of amides is 4. The van der Waals surface area contributed by atoms with Gasteiger partial charge in [0, 0.05) is 41.2 Å². The molecule has 2 saturated heterocycles. The third kappa shape index (κ3) is 7.36. The smallest absolute Gasteiger partial charge is 0.407 e. The van der Waals surface area contributed by atoms with E-state index in [4.69, 9.17) is 14.5 Å². The third-order valence-electron chi connectivity index (χ3n) is 12.1. The Morgan fingerprint density at radius 3 is 2.17 bits per heavy atom. The molecule has 17 nitrogen and oxygen atoms in total. The molecule has 6 N–H and O–H groups in total. The zero-order valence-electron chi connectivity index (χ0n) is 34.6. The summed E-state index contributed by atoms with van der Waals surface area (Å²) in [4.78, 5) is 79.9. The second-order valence-electron chi connectivity index (χ2n) is 16.5. The van der Waals surface area contributed by atoms with Crippen LogP contribution in [0.3, 0.4) is 0 Å². The van der Waals surface area contributed by atoms with Crippen molar-refractivity contribution in [3.05, 3.63) is 76.7 Å². The van der Waals surface area contributed by atoms with E-state index in [2.05, 4.69) is 31.2 Å². The molecule has 5 atom stereocenters. The van der Waals surface area contributed by atoms with Crippen molar-refractivity contribution in [1.82, 2.24) is 50.4 Å². The van der Waals surface area contributed by atoms with Crippen LogP contribution in [-0.2, 0) is 19.1 Å². The molecule has 3 aromatic heterocycles. The fourth-order valence-electron chi connectivity index (χ4n) is 8.94. The molecule has 316 valence electrons. The van der Waals surface area contributed by atoms with Crippen LogP contribution >= 0.6 is 0 Å². The molecule has 0 aliphatic carbocycles. The number of nitrogens with one attached hydrogen (secondary N) is 6. The van der Waals surface area contributed by atoms with E-state index in [0.717, 1.165) is 70.0 Å². The number of aromatic amines is 2. The van der Waals surface area contributed by atoms with Crippen LogP contribution in [0.4, 0.5) is 9.59 Å². The van der Waals surface area contributed by atoms with Gasteiger partial charge in [-0.25, -0.2) is 19.4 Å². The van der Waals surface area contributed by atoms with Crippen LogP contribution in [0.1, 0.15) is 70.8 Å². The van der Waals surface area contributed by atoms with Gasteiger partial charge >= 0.3 is 17.9 Å². The molecule has 1 unspecified atom stereocenters. The Bertz CT molecular complexity index is 2570. The van der Waals surface area contributed by atoms with Crippen molar-refractivity contribution in [2.45, 2.75) is 83.7 Å². The fraction of sp³-hybridized carbons (Fsp3) is 0.442. The Morgan fingerprint density at radius 1 is 0.800 bits per heavy atom. The topological polar surface area (TPSA) is 207 Å². The lowest BCUT2D eigenvalue weighted by Crippen LogP contribution is -2.57. The quantitative estimate of drug-likeness (QED) is 0.116. The summed E-state index contributed by atoms with van der Waals surface area (Å²) < 4.78 is 11.2. The van der Waals surface area contributed by atoms with Gasteiger partial charge in [-0.2, -0.15) is 0 Å². The molecule has 0 bridgehead atoms. The first-order chi connectivity index (χ1) is 28.9. The molecule has 0 spiro atoms. The number of ether oxygens (including phenoxy) is 2. The summed E-state index contributed by atoms with van der Waals surface area (Å²) in [6.07, 6.45) is 5.34. The van der Waals surface area contributed by atoms with Crippen molar-refractivity contribution >= 4 is 57.0 Å². The summed E-state index contributed by atoms with van der Waals surface area (Å²) >= 11 is 0. The predicted octanol–water partition coefficient (Wildman–Crippen LogP) is 4.56. The van der Waals surface area contributed by atoms with Crippen LogP contribution < -0.4 is 27.0 Å². The van der Waals surface area contributed by atoms with E-state index in [1.807, 2.05) is 81.3 Å². The predicted molar refractivity (Wildman–Crippen MR) is 225 cm³/mol. The van der Waals surface area contributed by atoms with Gasteiger partial charge in [-0.15, -0.1) is 0 Å². The monoisotopic (exact) mass is 820 g/mol. The molecule has 3 aliphatic rings. The molecule has 8 rings (SSSR count). The van der Waals surface area contributed by atoms with Crippen molar-refractivity contribution in [2.75, 3.05) is 27.3 Å². The van der Waals surface area contributed by atoms with Crippen molar-refractivity contribution in [2.24, 2.45) is 11.8 Å². The van der Waals surface area contributed by atoms with Gasteiger partial charge in [0.05, 0.1) is 60.4 Å². The summed E-state index contributed by atoms with van der Waals surface area (Å²) in [7, 11) is 2.56. The maximum absolute atomic E-state index is 13.7. The summed E-state index contributed by atoms with van der Waals surface area (Å²) in [5, 5.41) is 14.1. The van der Waals surface area contributed by atoms with Gasteiger partial charge in [0.15, 0.2) is 0 Å². The van der Waals surface area contributed by atoms with Crippen LogP contribution in [0.2, 0.25) is 0 Å². The summed E-state index contributed by atoms with van der Waals surface area (Å²) in [5.41, 5.74) is 5.31. The molecule has 2 aromatic carbocycles. The molecule has 3 aliphatic heterocycles. The third-order valence-corrected chi connectivity index (χ3v) is 12.1. The number of fused-ring (bicyclic) bond motifs is 5. The van der Waals surface area contributed by atoms with Crippen molar-refractivity contribution in [3.8, 4) is 11.3 Å². The van der Waals surface area contributed by atoms with Gasteiger partial charge in [-0.05, 0) is 61.8 Å². The number of likely N-dealkylation sites (tertiary alicyclic amines) is 2. The van der Waals surface area contributed by atoms with Gasteiger partial charge in [0.2, 0.25) is 11.8 Å². The fourth-order valence-corrected chi connectivity index (χ4v) is 8.94. The average Bonchev–Trinajstić information content (AvgIpc) is 4.09. The summed E-state index contributed by atoms with van der Waals surface area (Å²) in [6, 6.07) is 12.1. The van der Waals surface area contributed by atoms with Gasteiger partial charge in [0.1, 0.15) is 24.1 Å². The first kappa shape index (κ1) is 40.3. The van der Waals surface area contributed by atoms with Crippen LogP contribution in [0.5, 0.6) is 0 Å². The first-order valence-electron chi connectivity index (χ1n) is 20.6. The Hall–Kier alpha value is -6.52. The standard InChI is InChI=1S/C43H52N10O7/c1-22(2)35(49-42(57)59-5)39(54)51-15-7-9-32(51)37-44-20-29(46-37)24-12-14-31-26(17-24)19-34-27-13-11-25(18-28(27)48-41(56)53(31)34)30-21-45-38(47-30)33-10-8-16-52(33)40(55)36(23(3)4)50-43(58)60-6/h11-14,17-23,32-33,35-36,38,45,47H,7-10,15-16H2,1-6H3,(H,44,46)(H,48,56)(H,49,57)(H,50,58)/t32-,33-,35-,36-,38?/m0/s1. The molecule has 6 heterocycles. The van der Waals surface area contributed by atoms with E-state index in [9.17, 15) is 24.0 Å². The number of nitrogens with zero attached hydrogens (tertiary/aromatic N) is 4. The summed E-state index contributed by atoms with van der Waals surface area (Å²) in [5.74, 6) is 0.107. The molecule has 17 heteroatoms. The van der Waals surface area contributed by atoms with Crippen molar-refractivity contribution in [3.63, 3.8) is 0 Å². The van der Waals surface area contributed by atoms with Crippen molar-refractivity contribution < 1.29 is 28.7 Å².